The molecule has 1 unspecified atom stereocenters. The summed E-state index contributed by atoms with van der Waals surface area (Å²) in [6, 6.07) is 14.2. The Morgan fingerprint density at radius 1 is 1.00 bits per heavy atom. The molecule has 6 heteroatoms. The molecule has 0 aliphatic carbocycles. The fourth-order valence-corrected chi connectivity index (χ4v) is 2.20. The van der Waals surface area contributed by atoms with E-state index >= 15 is 0 Å². The minimum absolute atomic E-state index is 0.129. The Labute approximate surface area is 153 Å². The first-order valence-electron chi connectivity index (χ1n) is 8.64. The fourth-order valence-electron chi connectivity index (χ4n) is 2.20. The van der Waals surface area contributed by atoms with Gasteiger partial charge in [0.25, 0.3) is 5.91 Å². The minimum atomic E-state index is -0.157. The zero-order valence-corrected chi connectivity index (χ0v) is 15.3. The number of hydrogen-bond donors (Lipinski definition) is 3. The Balaban J connectivity index is 1.82. The fraction of sp³-hybridized carbons (Fsp3) is 0.300. The third-order valence-electron chi connectivity index (χ3n) is 3.88. The van der Waals surface area contributed by atoms with Crippen molar-refractivity contribution in [3.8, 4) is 5.75 Å². The number of hydrogen-bond acceptors (Lipinski definition) is 4. The summed E-state index contributed by atoms with van der Waals surface area (Å²) in [6.45, 7) is 4.21. The number of ether oxygens (including phenoxy) is 1. The first kappa shape index (κ1) is 19.3. The number of carbonyl (C=O) groups is 2. The zero-order valence-electron chi connectivity index (χ0n) is 15.3. The molecule has 0 fully saturated rings. The quantitative estimate of drug-likeness (QED) is 0.679. The second-order valence-corrected chi connectivity index (χ2v) is 5.92. The highest BCUT2D eigenvalue weighted by Crippen LogP contribution is 2.17. The molecule has 0 radical (unpaired) electrons. The average Bonchev–Trinajstić information content (AvgIpc) is 2.67. The number of amides is 2. The molecular weight excluding hydrogens is 330 g/mol. The predicted octanol–water partition coefficient (Wildman–Crippen LogP) is 3.27. The van der Waals surface area contributed by atoms with Crippen LogP contribution in [0.5, 0.6) is 5.75 Å². The van der Waals surface area contributed by atoms with Crippen molar-refractivity contribution >= 4 is 23.2 Å². The van der Waals surface area contributed by atoms with Crippen LogP contribution in [0.2, 0.25) is 0 Å². The molecule has 0 saturated carbocycles. The van der Waals surface area contributed by atoms with Gasteiger partial charge < -0.3 is 20.7 Å². The minimum Gasteiger partial charge on any atom is -0.491 e. The normalized spacial score (nSPS) is 11.3. The van der Waals surface area contributed by atoms with E-state index in [9.17, 15) is 9.59 Å². The van der Waals surface area contributed by atoms with Crippen LogP contribution in [0.1, 0.15) is 30.6 Å². The molecule has 0 aromatic heterocycles. The maximum atomic E-state index is 12.0. The summed E-state index contributed by atoms with van der Waals surface area (Å²) in [4.78, 5) is 23.5. The van der Waals surface area contributed by atoms with Crippen LogP contribution < -0.4 is 20.7 Å². The lowest BCUT2D eigenvalue weighted by Crippen LogP contribution is -2.22. The Kier molecular flexibility index (Phi) is 7.02. The average molecular weight is 355 g/mol. The van der Waals surface area contributed by atoms with Gasteiger partial charge in [-0.1, -0.05) is 6.92 Å². The van der Waals surface area contributed by atoms with Crippen molar-refractivity contribution in [3.05, 3.63) is 54.1 Å². The van der Waals surface area contributed by atoms with Crippen molar-refractivity contribution in [1.29, 1.82) is 0 Å². The molecule has 26 heavy (non-hydrogen) atoms. The molecular formula is C20H25N3O3. The summed E-state index contributed by atoms with van der Waals surface area (Å²) < 4.78 is 5.71. The molecule has 138 valence electrons. The van der Waals surface area contributed by atoms with Crippen molar-refractivity contribution < 1.29 is 14.3 Å². The van der Waals surface area contributed by atoms with Gasteiger partial charge in [0.1, 0.15) is 5.75 Å². The second-order valence-electron chi connectivity index (χ2n) is 5.92. The van der Waals surface area contributed by atoms with Gasteiger partial charge in [-0.05, 0) is 61.9 Å². The number of benzene rings is 2. The summed E-state index contributed by atoms with van der Waals surface area (Å²) in [6.07, 6.45) is 1.10. The predicted molar refractivity (Wildman–Crippen MR) is 104 cm³/mol. The van der Waals surface area contributed by atoms with Crippen LogP contribution in [0.4, 0.5) is 11.4 Å². The van der Waals surface area contributed by atoms with Crippen molar-refractivity contribution in [3.63, 3.8) is 0 Å². The van der Waals surface area contributed by atoms with Crippen LogP contribution in [0.25, 0.3) is 0 Å². The van der Waals surface area contributed by atoms with E-state index in [0.29, 0.717) is 11.3 Å². The summed E-state index contributed by atoms with van der Waals surface area (Å²) >= 11 is 0. The number of carbonyl (C=O) groups excluding carboxylic acids is 2. The smallest absolute Gasteiger partial charge is 0.251 e. The van der Waals surface area contributed by atoms with E-state index in [1.807, 2.05) is 31.2 Å². The van der Waals surface area contributed by atoms with Crippen LogP contribution in [0, 0.1) is 0 Å². The van der Waals surface area contributed by atoms with E-state index in [2.05, 4.69) is 22.9 Å². The van der Waals surface area contributed by atoms with E-state index in [-0.39, 0.29) is 24.5 Å². The van der Waals surface area contributed by atoms with Gasteiger partial charge in [-0.25, -0.2) is 0 Å². The maximum absolute atomic E-state index is 12.0. The molecule has 0 spiro atoms. The maximum Gasteiger partial charge on any atom is 0.251 e. The van der Waals surface area contributed by atoms with Crippen molar-refractivity contribution in [2.24, 2.45) is 0 Å². The van der Waals surface area contributed by atoms with Gasteiger partial charge in [0.15, 0.2) is 0 Å². The van der Waals surface area contributed by atoms with Gasteiger partial charge in [-0.3, -0.25) is 9.59 Å². The molecule has 2 aromatic carbocycles. The van der Waals surface area contributed by atoms with E-state index in [1.165, 1.54) is 0 Å². The Morgan fingerprint density at radius 2 is 1.62 bits per heavy atom. The van der Waals surface area contributed by atoms with Crippen LogP contribution in [0.3, 0.4) is 0 Å². The Bertz CT molecular complexity index is 727. The zero-order chi connectivity index (χ0) is 18.9. The van der Waals surface area contributed by atoms with E-state index in [4.69, 9.17) is 4.74 Å². The van der Waals surface area contributed by atoms with Crippen LogP contribution in [0.15, 0.2) is 48.5 Å². The summed E-state index contributed by atoms with van der Waals surface area (Å²) in [5.41, 5.74) is 2.05. The second kappa shape index (κ2) is 9.46. The molecule has 2 aromatic rings. The molecule has 2 rings (SSSR count). The lowest BCUT2D eigenvalue weighted by atomic mass is 10.2. The van der Waals surface area contributed by atoms with Gasteiger partial charge in [0, 0.05) is 24.0 Å². The molecule has 0 bridgehead atoms. The third-order valence-corrected chi connectivity index (χ3v) is 3.88. The van der Waals surface area contributed by atoms with E-state index < -0.39 is 0 Å². The van der Waals surface area contributed by atoms with Gasteiger partial charge >= 0.3 is 0 Å². The number of anilines is 2. The molecule has 3 N–H and O–H groups in total. The molecule has 0 saturated heterocycles. The molecule has 6 nitrogen and oxygen atoms in total. The largest absolute Gasteiger partial charge is 0.491 e. The molecule has 0 aliphatic rings. The van der Waals surface area contributed by atoms with Crippen LogP contribution in [-0.4, -0.2) is 31.5 Å². The third kappa shape index (κ3) is 5.81. The number of rotatable bonds is 8. The summed E-state index contributed by atoms with van der Waals surface area (Å²) in [5.74, 6) is 0.484. The summed E-state index contributed by atoms with van der Waals surface area (Å²) in [5, 5.41) is 8.41. The van der Waals surface area contributed by atoms with Gasteiger partial charge in [-0.15, -0.1) is 0 Å². The van der Waals surface area contributed by atoms with Crippen LogP contribution in [-0.2, 0) is 4.79 Å². The van der Waals surface area contributed by atoms with Gasteiger partial charge in [0.2, 0.25) is 5.91 Å². The standard InChI is InChI=1S/C20H25N3O3/c1-4-14(2)26-18-11-9-17(10-12-18)23-19(24)13-22-16-7-5-15(6-8-16)20(25)21-3/h5-12,14,22H,4,13H2,1-3H3,(H,21,25)(H,23,24). The lowest BCUT2D eigenvalue weighted by molar-refractivity contribution is -0.114. The monoisotopic (exact) mass is 355 g/mol. The number of nitrogens with one attached hydrogen (secondary N) is 3. The van der Waals surface area contributed by atoms with Crippen molar-refractivity contribution in [2.45, 2.75) is 26.4 Å². The highest BCUT2D eigenvalue weighted by Gasteiger charge is 2.06. The SMILES string of the molecule is CCC(C)Oc1ccc(NC(=O)CNc2ccc(C(=O)NC)cc2)cc1. The van der Waals surface area contributed by atoms with E-state index in [0.717, 1.165) is 17.9 Å². The molecule has 1 atom stereocenters. The summed E-state index contributed by atoms with van der Waals surface area (Å²) in [7, 11) is 1.59. The Hall–Kier alpha value is -3.02. The molecule has 0 aliphatic heterocycles. The lowest BCUT2D eigenvalue weighted by Gasteiger charge is -2.13. The first-order chi connectivity index (χ1) is 12.5. The van der Waals surface area contributed by atoms with Crippen molar-refractivity contribution in [2.75, 3.05) is 24.2 Å². The topological polar surface area (TPSA) is 79.5 Å². The highest BCUT2D eigenvalue weighted by molar-refractivity contribution is 5.95. The first-order valence-corrected chi connectivity index (χ1v) is 8.64. The van der Waals surface area contributed by atoms with Crippen molar-refractivity contribution in [1.82, 2.24) is 5.32 Å². The Morgan fingerprint density at radius 3 is 2.19 bits per heavy atom. The highest BCUT2D eigenvalue weighted by atomic mass is 16.5. The molecule has 2 amide bonds. The van der Waals surface area contributed by atoms with Gasteiger partial charge in [0.05, 0.1) is 12.6 Å². The van der Waals surface area contributed by atoms with Gasteiger partial charge in [-0.2, -0.15) is 0 Å². The van der Waals surface area contributed by atoms with E-state index in [1.54, 1.807) is 31.3 Å². The van der Waals surface area contributed by atoms with Crippen LogP contribution >= 0.6 is 0 Å². The molecule has 0 heterocycles.